The number of amides is 2. The number of hydrogen-bond acceptors (Lipinski definition) is 9. The largest absolute Gasteiger partial charge is 0.495 e. The summed E-state index contributed by atoms with van der Waals surface area (Å²) in [5, 5.41) is 12.7. The Labute approximate surface area is 155 Å². The fourth-order valence-corrected chi connectivity index (χ4v) is 1.60. The summed E-state index contributed by atoms with van der Waals surface area (Å²) in [5.41, 5.74) is 5.28. The molecule has 0 aliphatic carbocycles. The van der Waals surface area contributed by atoms with Gasteiger partial charge in [-0.25, -0.2) is 19.4 Å². The second kappa shape index (κ2) is 11.2. The van der Waals surface area contributed by atoms with Crippen LogP contribution in [0.2, 0.25) is 0 Å². The molecule has 0 bridgehead atoms. The van der Waals surface area contributed by atoms with Crippen molar-refractivity contribution in [3.05, 3.63) is 0 Å². The number of carbonyl (C=O) groups excluding carboxylic acids is 4. The quantitative estimate of drug-likeness (QED) is 0.165. The number of nitrogens with one attached hydrogen (secondary N) is 2. The molecule has 15 heteroatoms. The highest BCUT2D eigenvalue weighted by molar-refractivity contribution is 7.80. The fraction of sp³-hybridized carbons (Fsp3) is 0.583. The molecule has 0 saturated carbocycles. The van der Waals surface area contributed by atoms with E-state index >= 15 is 0 Å². The number of halogens is 3. The number of carbonyl (C=O) groups is 5. The lowest BCUT2D eigenvalue weighted by Gasteiger charge is -2.16. The van der Waals surface area contributed by atoms with Gasteiger partial charge < -0.3 is 21.5 Å². The summed E-state index contributed by atoms with van der Waals surface area (Å²) in [4.78, 5) is 62.2. The Kier molecular flexibility index (Phi) is 10.2. The molecule has 5 N–H and O–H groups in total. The van der Waals surface area contributed by atoms with Gasteiger partial charge in [0.05, 0.1) is 0 Å². The summed E-state index contributed by atoms with van der Waals surface area (Å²) in [6, 6.07) is -2.76. The van der Waals surface area contributed by atoms with Crippen molar-refractivity contribution < 1.29 is 52.0 Å². The maximum Gasteiger partial charge on any atom is 0.495 e. The number of aliphatic carboxylic acids is 1. The molecule has 0 rings (SSSR count). The SMILES string of the molecule is NC(CCC(=O)NC(CS)C(=O)NCC(=O)O)C(=O)OOC(=O)C(F)(F)F. The first-order valence-corrected chi connectivity index (χ1v) is 7.66. The van der Waals surface area contributed by atoms with Gasteiger partial charge in [-0.05, 0) is 6.42 Å². The number of carboxylic acids is 1. The summed E-state index contributed by atoms with van der Waals surface area (Å²) >= 11 is 3.82. The van der Waals surface area contributed by atoms with Gasteiger partial charge in [0.15, 0.2) is 0 Å². The molecule has 2 atom stereocenters. The van der Waals surface area contributed by atoms with Crippen molar-refractivity contribution in [2.24, 2.45) is 5.73 Å². The molecule has 2 unspecified atom stereocenters. The van der Waals surface area contributed by atoms with E-state index in [0.29, 0.717) is 0 Å². The Morgan fingerprint density at radius 3 is 2.22 bits per heavy atom. The molecule has 0 saturated heterocycles. The second-order valence-electron chi connectivity index (χ2n) is 4.83. The normalized spacial score (nSPS) is 13.1. The first kappa shape index (κ1) is 24.5. The van der Waals surface area contributed by atoms with Crippen LogP contribution < -0.4 is 16.4 Å². The average Bonchev–Trinajstić information content (AvgIpc) is 2.58. The lowest BCUT2D eigenvalue weighted by molar-refractivity contribution is -0.286. The van der Waals surface area contributed by atoms with Gasteiger partial charge in [0.25, 0.3) is 0 Å². The Bertz CT molecular complexity index is 587. The summed E-state index contributed by atoms with van der Waals surface area (Å²) in [6.45, 7) is -0.674. The van der Waals surface area contributed by atoms with E-state index in [0.717, 1.165) is 0 Å². The second-order valence-corrected chi connectivity index (χ2v) is 5.20. The standard InChI is InChI=1S/C12H16F3N3O8S/c13-12(14,15)11(24)26-25-10(23)5(16)1-2-7(19)18-6(4-27)9(22)17-3-8(20)21/h5-6,27H,1-4,16H2,(H,17,22)(H,18,19)(H,20,21). The molecule has 0 fully saturated rings. The number of hydrogen-bond donors (Lipinski definition) is 5. The minimum absolute atomic E-state index is 0.168. The van der Waals surface area contributed by atoms with Crippen molar-refractivity contribution in [3.8, 4) is 0 Å². The average molecular weight is 419 g/mol. The molecule has 0 heterocycles. The van der Waals surface area contributed by atoms with Crippen LogP contribution in [0.15, 0.2) is 0 Å². The van der Waals surface area contributed by atoms with Gasteiger partial charge in [-0.3, -0.25) is 14.4 Å². The topological polar surface area (TPSA) is 174 Å². The number of rotatable bonds is 9. The van der Waals surface area contributed by atoms with Crippen LogP contribution in [0.3, 0.4) is 0 Å². The number of carboxylic acid groups (broad SMARTS) is 1. The van der Waals surface area contributed by atoms with E-state index in [9.17, 15) is 37.1 Å². The predicted octanol–water partition coefficient (Wildman–Crippen LogP) is -1.73. The third kappa shape index (κ3) is 10.2. The third-order valence-electron chi connectivity index (χ3n) is 2.66. The zero-order valence-corrected chi connectivity index (χ0v) is 14.3. The van der Waals surface area contributed by atoms with E-state index in [4.69, 9.17) is 10.8 Å². The van der Waals surface area contributed by atoms with Crippen molar-refractivity contribution in [2.45, 2.75) is 31.1 Å². The first-order chi connectivity index (χ1) is 12.4. The molecule has 2 amide bonds. The fourth-order valence-electron chi connectivity index (χ4n) is 1.34. The number of nitrogens with two attached hydrogens (primary N) is 1. The minimum Gasteiger partial charge on any atom is -0.480 e. The molecule has 0 aliphatic rings. The van der Waals surface area contributed by atoms with Gasteiger partial charge >= 0.3 is 24.1 Å². The van der Waals surface area contributed by atoms with Crippen LogP contribution in [0, 0.1) is 0 Å². The zero-order valence-electron chi connectivity index (χ0n) is 13.4. The highest BCUT2D eigenvalue weighted by Gasteiger charge is 2.43. The lowest BCUT2D eigenvalue weighted by Crippen LogP contribution is -2.49. The van der Waals surface area contributed by atoms with Crippen LogP contribution in [-0.4, -0.2) is 65.4 Å². The van der Waals surface area contributed by atoms with E-state index in [1.54, 1.807) is 0 Å². The van der Waals surface area contributed by atoms with Crippen LogP contribution in [0.5, 0.6) is 0 Å². The first-order valence-electron chi connectivity index (χ1n) is 7.03. The van der Waals surface area contributed by atoms with Crippen LogP contribution in [-0.2, 0) is 33.7 Å². The van der Waals surface area contributed by atoms with Gasteiger partial charge in [-0.15, -0.1) is 0 Å². The molecule has 0 radical (unpaired) electrons. The van der Waals surface area contributed by atoms with Crippen LogP contribution in [0.4, 0.5) is 13.2 Å². The van der Waals surface area contributed by atoms with Crippen molar-refractivity contribution in [1.29, 1.82) is 0 Å². The minimum atomic E-state index is -5.37. The van der Waals surface area contributed by atoms with Crippen molar-refractivity contribution in [3.63, 3.8) is 0 Å². The predicted molar refractivity (Wildman–Crippen MR) is 81.9 cm³/mol. The summed E-state index contributed by atoms with van der Waals surface area (Å²) in [7, 11) is 0. The summed E-state index contributed by atoms with van der Waals surface area (Å²) < 4.78 is 35.6. The van der Waals surface area contributed by atoms with E-state index in [1.807, 2.05) is 5.32 Å². The van der Waals surface area contributed by atoms with E-state index in [2.05, 4.69) is 27.7 Å². The summed E-state index contributed by atoms with van der Waals surface area (Å²) in [5.74, 6) is -7.35. The molecule has 0 aromatic rings. The van der Waals surface area contributed by atoms with Gasteiger partial charge in [0, 0.05) is 12.2 Å². The number of thiol groups is 1. The van der Waals surface area contributed by atoms with Crippen molar-refractivity contribution in [1.82, 2.24) is 10.6 Å². The molecule has 0 aromatic carbocycles. The number of alkyl halides is 3. The van der Waals surface area contributed by atoms with E-state index in [-0.39, 0.29) is 5.75 Å². The zero-order chi connectivity index (χ0) is 21.2. The van der Waals surface area contributed by atoms with E-state index < -0.39 is 67.4 Å². The Balaban J connectivity index is 4.34. The maximum atomic E-state index is 11.9. The van der Waals surface area contributed by atoms with E-state index in [1.165, 1.54) is 0 Å². The third-order valence-corrected chi connectivity index (χ3v) is 3.03. The van der Waals surface area contributed by atoms with Gasteiger partial charge in [0.1, 0.15) is 18.6 Å². The molecule has 0 aliphatic heterocycles. The molecule has 0 spiro atoms. The molecule has 27 heavy (non-hydrogen) atoms. The van der Waals surface area contributed by atoms with Gasteiger partial charge in [-0.2, -0.15) is 25.8 Å². The van der Waals surface area contributed by atoms with Crippen LogP contribution >= 0.6 is 12.6 Å². The molecular weight excluding hydrogens is 403 g/mol. The Morgan fingerprint density at radius 1 is 1.15 bits per heavy atom. The molecule has 0 aromatic heterocycles. The van der Waals surface area contributed by atoms with Gasteiger partial charge in [0.2, 0.25) is 11.8 Å². The van der Waals surface area contributed by atoms with Crippen LogP contribution in [0.1, 0.15) is 12.8 Å². The maximum absolute atomic E-state index is 11.9. The Morgan fingerprint density at radius 2 is 1.74 bits per heavy atom. The molecule has 154 valence electrons. The van der Waals surface area contributed by atoms with Crippen LogP contribution in [0.25, 0.3) is 0 Å². The van der Waals surface area contributed by atoms with Crippen molar-refractivity contribution in [2.75, 3.05) is 12.3 Å². The lowest BCUT2D eigenvalue weighted by atomic mass is 10.1. The Hall–Kier alpha value is -2.55. The highest BCUT2D eigenvalue weighted by Crippen LogP contribution is 2.16. The summed E-state index contributed by atoms with van der Waals surface area (Å²) in [6.07, 6.45) is -6.22. The highest BCUT2D eigenvalue weighted by atomic mass is 32.1. The molecular formula is C12H16F3N3O8S. The van der Waals surface area contributed by atoms with Gasteiger partial charge in [-0.1, -0.05) is 0 Å². The smallest absolute Gasteiger partial charge is 0.480 e. The monoisotopic (exact) mass is 419 g/mol. The van der Waals surface area contributed by atoms with Crippen molar-refractivity contribution >= 4 is 42.4 Å². The molecule has 11 nitrogen and oxygen atoms in total.